The molecule has 0 rings (SSSR count). The third kappa shape index (κ3) is 18.9. The highest BCUT2D eigenvalue weighted by Crippen LogP contribution is 2.20. The van der Waals surface area contributed by atoms with E-state index in [1.54, 1.807) is 0 Å². The van der Waals surface area contributed by atoms with Gasteiger partial charge in [-0.15, -0.1) is 0 Å². The molecular weight excluding hydrogens is 336 g/mol. The van der Waals surface area contributed by atoms with Crippen LogP contribution < -0.4 is 11.5 Å². The summed E-state index contributed by atoms with van der Waals surface area (Å²) in [4.78, 5) is 4.92. The van der Waals surface area contributed by atoms with Crippen molar-refractivity contribution < 1.29 is 0 Å². The molecule has 4 N–H and O–H groups in total. The molecule has 24 heavy (non-hydrogen) atoms. The Balaban J connectivity index is 3.25. The van der Waals surface area contributed by atoms with Gasteiger partial charge in [-0.3, -0.25) is 0 Å². The van der Waals surface area contributed by atoms with Crippen LogP contribution in [0.2, 0.25) is 0 Å². The molecule has 0 aromatic heterocycles. The van der Waals surface area contributed by atoms with Crippen molar-refractivity contribution >= 4 is 21.6 Å². The van der Waals surface area contributed by atoms with Crippen LogP contribution in [0.25, 0.3) is 0 Å². The highest BCUT2D eigenvalue weighted by atomic mass is 33.1. The number of unbranched alkanes of at least 4 members (excludes halogenated alkanes) is 6. The molecule has 0 fully saturated rings. The van der Waals surface area contributed by atoms with E-state index in [2.05, 4.69) is 23.9 Å². The Morgan fingerprint density at radius 1 is 0.542 bits per heavy atom. The van der Waals surface area contributed by atoms with Crippen molar-refractivity contribution in [3.63, 3.8) is 0 Å². The molecule has 0 heterocycles. The summed E-state index contributed by atoms with van der Waals surface area (Å²) in [6.45, 7) is 6.53. The molecule has 0 saturated heterocycles. The van der Waals surface area contributed by atoms with Gasteiger partial charge in [0.05, 0.1) is 0 Å². The number of nitrogens with two attached hydrogens (primary N) is 2. The molecular formula is C18H42N4S2. The van der Waals surface area contributed by atoms with Crippen LogP contribution in [0, 0.1) is 0 Å². The molecule has 0 aliphatic heterocycles. The van der Waals surface area contributed by atoms with Gasteiger partial charge in [-0.25, -0.2) is 0 Å². The second-order valence-electron chi connectivity index (χ2n) is 6.66. The van der Waals surface area contributed by atoms with Gasteiger partial charge in [0.25, 0.3) is 0 Å². The Kier molecular flexibility index (Phi) is 20.3. The zero-order valence-electron chi connectivity index (χ0n) is 16.2. The molecule has 0 amide bonds. The molecule has 0 aliphatic rings. The quantitative estimate of drug-likeness (QED) is 0.266. The predicted octanol–water partition coefficient (Wildman–Crippen LogP) is 3.27. The Bertz CT molecular complexity index is 221. The van der Waals surface area contributed by atoms with Gasteiger partial charge in [-0.2, -0.15) is 0 Å². The normalized spacial score (nSPS) is 11.8. The minimum Gasteiger partial charge on any atom is -0.330 e. The minimum absolute atomic E-state index is 0.840. The zero-order valence-corrected chi connectivity index (χ0v) is 17.8. The zero-order chi connectivity index (χ0) is 17.9. The molecule has 0 spiro atoms. The Morgan fingerprint density at radius 3 is 1.29 bits per heavy atom. The van der Waals surface area contributed by atoms with E-state index in [0.29, 0.717) is 0 Å². The Morgan fingerprint density at radius 2 is 0.917 bits per heavy atom. The first kappa shape index (κ1) is 24.5. The third-order valence-corrected chi connectivity index (χ3v) is 6.55. The van der Waals surface area contributed by atoms with Crippen molar-refractivity contribution in [1.82, 2.24) is 9.80 Å². The summed E-state index contributed by atoms with van der Waals surface area (Å²) >= 11 is 0. The summed E-state index contributed by atoms with van der Waals surface area (Å²) in [6.07, 6.45) is 10.2. The Hall–Kier alpha value is 0.540. The van der Waals surface area contributed by atoms with Crippen molar-refractivity contribution in [3.8, 4) is 0 Å². The van der Waals surface area contributed by atoms with Crippen molar-refractivity contribution in [2.24, 2.45) is 11.5 Å². The summed E-state index contributed by atoms with van der Waals surface area (Å²) in [5.74, 6) is 2.46. The SMILES string of the molecule is CN(CCCCCCN)CCSSCCN(C)CCCCCCN. The van der Waals surface area contributed by atoms with Gasteiger partial charge in [0, 0.05) is 24.6 Å². The van der Waals surface area contributed by atoms with Gasteiger partial charge in [-0.05, 0) is 66.0 Å². The summed E-state index contributed by atoms with van der Waals surface area (Å²) < 4.78 is 0. The molecule has 0 radical (unpaired) electrons. The Labute approximate surface area is 159 Å². The van der Waals surface area contributed by atoms with Gasteiger partial charge in [0.2, 0.25) is 0 Å². The second-order valence-corrected chi connectivity index (χ2v) is 9.36. The van der Waals surface area contributed by atoms with E-state index in [1.165, 1.54) is 89.1 Å². The molecule has 0 aromatic carbocycles. The van der Waals surface area contributed by atoms with Crippen molar-refractivity contribution in [3.05, 3.63) is 0 Å². The van der Waals surface area contributed by atoms with Crippen LogP contribution in [-0.4, -0.2) is 74.7 Å². The fraction of sp³-hybridized carbons (Fsp3) is 1.00. The van der Waals surface area contributed by atoms with Crippen molar-refractivity contribution in [2.75, 3.05) is 64.9 Å². The first-order valence-electron chi connectivity index (χ1n) is 9.72. The van der Waals surface area contributed by atoms with E-state index >= 15 is 0 Å². The lowest BCUT2D eigenvalue weighted by atomic mass is 10.2. The molecule has 0 aliphatic carbocycles. The highest BCUT2D eigenvalue weighted by Gasteiger charge is 2.01. The van der Waals surface area contributed by atoms with Crippen LogP contribution in [0.5, 0.6) is 0 Å². The van der Waals surface area contributed by atoms with Gasteiger partial charge < -0.3 is 21.3 Å². The third-order valence-electron chi connectivity index (χ3n) is 4.18. The average Bonchev–Trinajstić information content (AvgIpc) is 2.57. The van der Waals surface area contributed by atoms with E-state index in [1.807, 2.05) is 21.6 Å². The summed E-state index contributed by atoms with van der Waals surface area (Å²) in [7, 11) is 8.53. The van der Waals surface area contributed by atoms with Crippen LogP contribution in [-0.2, 0) is 0 Å². The molecule has 4 nitrogen and oxygen atoms in total. The lowest BCUT2D eigenvalue weighted by Crippen LogP contribution is -2.23. The van der Waals surface area contributed by atoms with Gasteiger partial charge in [-0.1, -0.05) is 47.3 Å². The standard InChI is InChI=1S/C18H42N4S2/c1-21(13-9-5-3-7-11-19)15-17-23-24-18-16-22(2)14-10-6-4-8-12-20/h3-20H2,1-2H3. The highest BCUT2D eigenvalue weighted by molar-refractivity contribution is 8.76. The molecule has 0 atom stereocenters. The van der Waals surface area contributed by atoms with Crippen LogP contribution in [0.3, 0.4) is 0 Å². The largest absolute Gasteiger partial charge is 0.330 e. The number of hydrogen-bond acceptors (Lipinski definition) is 6. The first-order valence-corrected chi connectivity index (χ1v) is 12.2. The van der Waals surface area contributed by atoms with Crippen LogP contribution in [0.1, 0.15) is 51.4 Å². The van der Waals surface area contributed by atoms with Gasteiger partial charge in [0.1, 0.15) is 0 Å². The lowest BCUT2D eigenvalue weighted by Gasteiger charge is -2.17. The topological polar surface area (TPSA) is 58.5 Å². The van der Waals surface area contributed by atoms with Crippen molar-refractivity contribution in [2.45, 2.75) is 51.4 Å². The van der Waals surface area contributed by atoms with Crippen molar-refractivity contribution in [1.29, 1.82) is 0 Å². The number of rotatable bonds is 19. The molecule has 0 aromatic rings. The van der Waals surface area contributed by atoms with Crippen LogP contribution in [0.15, 0.2) is 0 Å². The maximum absolute atomic E-state index is 5.51. The average molecular weight is 379 g/mol. The maximum atomic E-state index is 5.51. The maximum Gasteiger partial charge on any atom is 0.0165 e. The van der Waals surface area contributed by atoms with E-state index in [9.17, 15) is 0 Å². The fourth-order valence-corrected chi connectivity index (χ4v) is 4.65. The molecule has 6 heteroatoms. The van der Waals surface area contributed by atoms with Crippen LogP contribution >= 0.6 is 21.6 Å². The molecule has 146 valence electrons. The monoisotopic (exact) mass is 378 g/mol. The second kappa shape index (κ2) is 19.9. The summed E-state index contributed by atoms with van der Waals surface area (Å²) in [6, 6.07) is 0. The van der Waals surface area contributed by atoms with Crippen LogP contribution in [0.4, 0.5) is 0 Å². The van der Waals surface area contributed by atoms with Gasteiger partial charge >= 0.3 is 0 Å². The molecule has 0 unspecified atom stereocenters. The van der Waals surface area contributed by atoms with E-state index in [0.717, 1.165) is 13.1 Å². The fourth-order valence-electron chi connectivity index (χ4n) is 2.49. The van der Waals surface area contributed by atoms with E-state index in [4.69, 9.17) is 11.5 Å². The lowest BCUT2D eigenvalue weighted by molar-refractivity contribution is 0.343. The summed E-state index contributed by atoms with van der Waals surface area (Å²) in [5.41, 5.74) is 11.0. The predicted molar refractivity (Wildman–Crippen MR) is 115 cm³/mol. The first-order chi connectivity index (χ1) is 11.7. The number of nitrogens with zero attached hydrogens (tertiary/aromatic N) is 2. The minimum atomic E-state index is 0.840. The van der Waals surface area contributed by atoms with E-state index in [-0.39, 0.29) is 0 Å². The smallest absolute Gasteiger partial charge is 0.0165 e. The number of hydrogen-bond donors (Lipinski definition) is 2. The van der Waals surface area contributed by atoms with E-state index < -0.39 is 0 Å². The summed E-state index contributed by atoms with van der Waals surface area (Å²) in [5, 5.41) is 0. The van der Waals surface area contributed by atoms with Gasteiger partial charge in [0.15, 0.2) is 0 Å². The molecule has 0 bridgehead atoms. The molecule has 0 saturated carbocycles.